The van der Waals surface area contributed by atoms with Gasteiger partial charge in [-0.2, -0.15) is 13.2 Å². The van der Waals surface area contributed by atoms with Crippen LogP contribution >= 0.6 is 0 Å². The number of anilines is 1. The van der Waals surface area contributed by atoms with Crippen LogP contribution in [0.15, 0.2) is 48.5 Å². The summed E-state index contributed by atoms with van der Waals surface area (Å²) < 4.78 is 53.2. The zero-order valence-corrected chi connectivity index (χ0v) is 17.1. The van der Waals surface area contributed by atoms with E-state index in [-0.39, 0.29) is 17.4 Å². The van der Waals surface area contributed by atoms with Gasteiger partial charge in [-0.25, -0.2) is 4.39 Å². The Labute approximate surface area is 179 Å². The van der Waals surface area contributed by atoms with Crippen LogP contribution in [-0.2, 0) is 6.18 Å². The van der Waals surface area contributed by atoms with E-state index in [1.54, 1.807) is 17.0 Å². The van der Waals surface area contributed by atoms with Crippen LogP contribution in [0.5, 0.6) is 0 Å². The number of hydrogen-bond acceptors (Lipinski definition) is 3. The van der Waals surface area contributed by atoms with Crippen molar-refractivity contribution in [2.45, 2.75) is 25.1 Å². The molecule has 0 bridgehead atoms. The Morgan fingerprint density at radius 1 is 0.903 bits per heavy atom. The average molecular weight is 435 g/mol. The Morgan fingerprint density at radius 2 is 1.58 bits per heavy atom. The molecule has 1 amide bonds. The van der Waals surface area contributed by atoms with Crippen molar-refractivity contribution in [1.29, 1.82) is 0 Å². The fourth-order valence-electron chi connectivity index (χ4n) is 4.52. The molecular formula is C23H25F4N3O. The van der Waals surface area contributed by atoms with E-state index in [0.29, 0.717) is 13.1 Å². The fraction of sp³-hybridized carbons (Fsp3) is 0.435. The summed E-state index contributed by atoms with van der Waals surface area (Å²) in [5, 5.41) is 0. The summed E-state index contributed by atoms with van der Waals surface area (Å²) in [6.45, 7) is 4.06. The number of alkyl halides is 3. The Morgan fingerprint density at radius 3 is 2.26 bits per heavy atom. The van der Waals surface area contributed by atoms with Crippen molar-refractivity contribution in [3.8, 4) is 0 Å². The molecule has 0 N–H and O–H groups in total. The molecule has 0 spiro atoms. The third kappa shape index (κ3) is 4.84. The molecule has 0 aliphatic carbocycles. The normalized spacial score (nSPS) is 20.7. The van der Waals surface area contributed by atoms with Crippen molar-refractivity contribution in [1.82, 2.24) is 9.80 Å². The van der Waals surface area contributed by atoms with Crippen LogP contribution < -0.4 is 4.90 Å². The summed E-state index contributed by atoms with van der Waals surface area (Å²) in [5.41, 5.74) is -0.183. The van der Waals surface area contributed by atoms with E-state index >= 15 is 0 Å². The van der Waals surface area contributed by atoms with Gasteiger partial charge in [0.05, 0.1) is 11.1 Å². The van der Waals surface area contributed by atoms with E-state index in [9.17, 15) is 22.4 Å². The van der Waals surface area contributed by atoms with Crippen LogP contribution in [-0.4, -0.2) is 61.0 Å². The fourth-order valence-corrected chi connectivity index (χ4v) is 4.52. The highest BCUT2D eigenvalue weighted by atomic mass is 19.4. The highest BCUT2D eigenvalue weighted by molar-refractivity contribution is 5.96. The molecular weight excluding hydrogens is 410 g/mol. The van der Waals surface area contributed by atoms with E-state index in [1.165, 1.54) is 30.3 Å². The maximum atomic E-state index is 13.3. The van der Waals surface area contributed by atoms with E-state index in [0.717, 1.165) is 50.8 Å². The first-order valence-electron chi connectivity index (χ1n) is 10.5. The van der Waals surface area contributed by atoms with E-state index in [2.05, 4.69) is 9.80 Å². The Balaban J connectivity index is 1.39. The number of piperazine rings is 1. The summed E-state index contributed by atoms with van der Waals surface area (Å²) in [4.78, 5) is 19.0. The predicted molar refractivity (Wildman–Crippen MR) is 111 cm³/mol. The summed E-state index contributed by atoms with van der Waals surface area (Å²) in [5.74, 6) is -0.816. The topological polar surface area (TPSA) is 26.8 Å². The van der Waals surface area contributed by atoms with Gasteiger partial charge in [-0.3, -0.25) is 9.69 Å². The van der Waals surface area contributed by atoms with Gasteiger partial charge in [0, 0.05) is 51.0 Å². The van der Waals surface area contributed by atoms with Gasteiger partial charge in [0.15, 0.2) is 0 Å². The van der Waals surface area contributed by atoms with Gasteiger partial charge >= 0.3 is 6.18 Å². The molecule has 31 heavy (non-hydrogen) atoms. The highest BCUT2D eigenvalue weighted by Gasteiger charge is 2.37. The first kappa shape index (κ1) is 21.6. The molecule has 2 aromatic carbocycles. The lowest BCUT2D eigenvalue weighted by Crippen LogP contribution is -2.56. The number of carbonyl (C=O) groups excluding carboxylic acids is 1. The van der Waals surface area contributed by atoms with E-state index < -0.39 is 17.6 Å². The van der Waals surface area contributed by atoms with Gasteiger partial charge in [-0.15, -0.1) is 0 Å². The van der Waals surface area contributed by atoms with Crippen LogP contribution in [0.4, 0.5) is 23.2 Å². The zero-order valence-electron chi connectivity index (χ0n) is 17.1. The third-order valence-electron chi connectivity index (χ3n) is 6.17. The molecule has 0 unspecified atom stereocenters. The molecule has 2 aliphatic heterocycles. The van der Waals surface area contributed by atoms with Gasteiger partial charge in [0.2, 0.25) is 0 Å². The molecule has 0 saturated carbocycles. The second-order valence-electron chi connectivity index (χ2n) is 8.09. The molecule has 4 nitrogen and oxygen atoms in total. The molecule has 4 rings (SSSR count). The quantitative estimate of drug-likeness (QED) is 0.674. The Hall–Kier alpha value is -2.61. The molecule has 0 aromatic heterocycles. The molecule has 2 heterocycles. The molecule has 2 aliphatic rings. The summed E-state index contributed by atoms with van der Waals surface area (Å²) >= 11 is 0. The molecule has 8 heteroatoms. The van der Waals surface area contributed by atoms with Crippen molar-refractivity contribution in [3.05, 3.63) is 65.5 Å². The SMILES string of the molecule is O=C(c1ccccc1C(F)(F)F)N1CCC[C@@H](N2CCN(c3ccc(F)cc3)CC2)C1. The van der Waals surface area contributed by atoms with Crippen LogP contribution in [0, 0.1) is 5.82 Å². The molecule has 2 aromatic rings. The van der Waals surface area contributed by atoms with Gasteiger partial charge in [0.1, 0.15) is 5.82 Å². The summed E-state index contributed by atoms with van der Waals surface area (Å²) in [6.07, 6.45) is -2.87. The molecule has 2 saturated heterocycles. The van der Waals surface area contributed by atoms with Gasteiger partial charge < -0.3 is 9.80 Å². The largest absolute Gasteiger partial charge is 0.417 e. The van der Waals surface area contributed by atoms with Crippen LogP contribution in [0.25, 0.3) is 0 Å². The van der Waals surface area contributed by atoms with Crippen molar-refractivity contribution < 1.29 is 22.4 Å². The third-order valence-corrected chi connectivity index (χ3v) is 6.17. The second-order valence-corrected chi connectivity index (χ2v) is 8.09. The highest BCUT2D eigenvalue weighted by Crippen LogP contribution is 2.33. The first-order valence-corrected chi connectivity index (χ1v) is 10.5. The number of likely N-dealkylation sites (tertiary alicyclic amines) is 1. The number of halogens is 4. The molecule has 166 valence electrons. The van der Waals surface area contributed by atoms with Crippen molar-refractivity contribution in [3.63, 3.8) is 0 Å². The lowest BCUT2D eigenvalue weighted by Gasteiger charge is -2.44. The maximum Gasteiger partial charge on any atom is 0.417 e. The van der Waals surface area contributed by atoms with Gasteiger partial charge in [0.25, 0.3) is 5.91 Å². The van der Waals surface area contributed by atoms with Crippen LogP contribution in [0.2, 0.25) is 0 Å². The number of benzene rings is 2. The number of carbonyl (C=O) groups is 1. The molecule has 1 atom stereocenters. The lowest BCUT2D eigenvalue weighted by molar-refractivity contribution is -0.138. The van der Waals surface area contributed by atoms with Crippen LogP contribution in [0.1, 0.15) is 28.8 Å². The zero-order chi connectivity index (χ0) is 22.0. The second kappa shape index (κ2) is 8.86. The summed E-state index contributed by atoms with van der Waals surface area (Å²) in [6, 6.07) is 11.6. The first-order chi connectivity index (χ1) is 14.8. The van der Waals surface area contributed by atoms with E-state index in [1.807, 2.05) is 0 Å². The minimum Gasteiger partial charge on any atom is -0.369 e. The minimum absolute atomic E-state index is 0.131. The standard InChI is InChI=1S/C23H25F4N3O/c24-17-7-9-18(10-8-17)28-12-14-29(15-13-28)19-4-3-11-30(16-19)22(31)20-5-1-2-6-21(20)23(25,26)27/h1-2,5-10,19H,3-4,11-16H2/t19-/m1/s1. The molecule has 2 fully saturated rings. The lowest BCUT2D eigenvalue weighted by atomic mass is 10.00. The average Bonchev–Trinajstić information content (AvgIpc) is 2.79. The number of nitrogens with zero attached hydrogens (tertiary/aromatic N) is 3. The number of rotatable bonds is 3. The Kier molecular flexibility index (Phi) is 6.18. The van der Waals surface area contributed by atoms with Crippen molar-refractivity contribution in [2.24, 2.45) is 0 Å². The Bertz CT molecular complexity index is 908. The maximum absolute atomic E-state index is 13.3. The smallest absolute Gasteiger partial charge is 0.369 e. The van der Waals surface area contributed by atoms with Crippen molar-refractivity contribution >= 4 is 11.6 Å². The van der Waals surface area contributed by atoms with E-state index in [4.69, 9.17) is 0 Å². The van der Waals surface area contributed by atoms with Crippen LogP contribution in [0.3, 0.4) is 0 Å². The molecule has 0 radical (unpaired) electrons. The van der Waals surface area contributed by atoms with Crippen molar-refractivity contribution in [2.75, 3.05) is 44.2 Å². The number of amides is 1. The summed E-state index contributed by atoms with van der Waals surface area (Å²) in [7, 11) is 0. The predicted octanol–water partition coefficient (Wildman–Crippen LogP) is 4.27. The minimum atomic E-state index is -4.56. The number of hydrogen-bond donors (Lipinski definition) is 0. The monoisotopic (exact) mass is 435 g/mol. The van der Waals surface area contributed by atoms with Gasteiger partial charge in [-0.1, -0.05) is 12.1 Å². The number of piperidine rings is 1. The van der Waals surface area contributed by atoms with Gasteiger partial charge in [-0.05, 0) is 49.2 Å².